The van der Waals surface area contributed by atoms with Gasteiger partial charge in [0.25, 0.3) is 5.91 Å². The molecule has 3 amide bonds. The fourth-order valence-electron chi connectivity index (χ4n) is 4.35. The van der Waals surface area contributed by atoms with Crippen molar-refractivity contribution in [1.29, 1.82) is 0 Å². The first-order valence-electron chi connectivity index (χ1n) is 10.6. The molecule has 2 fully saturated rings. The van der Waals surface area contributed by atoms with Crippen molar-refractivity contribution in [3.63, 3.8) is 0 Å². The Bertz CT molecular complexity index is 852. The second-order valence-corrected chi connectivity index (χ2v) is 8.73. The minimum atomic E-state index is -0.319. The molecule has 8 nitrogen and oxygen atoms in total. The molecule has 162 valence electrons. The summed E-state index contributed by atoms with van der Waals surface area (Å²) in [6.45, 7) is 9.38. The van der Waals surface area contributed by atoms with Gasteiger partial charge in [-0.3, -0.25) is 19.3 Å². The van der Waals surface area contributed by atoms with E-state index in [1.54, 1.807) is 12.1 Å². The first-order chi connectivity index (χ1) is 14.3. The van der Waals surface area contributed by atoms with Crippen LogP contribution in [0.1, 0.15) is 56.0 Å². The summed E-state index contributed by atoms with van der Waals surface area (Å²) >= 11 is 0. The van der Waals surface area contributed by atoms with E-state index in [0.717, 1.165) is 23.7 Å². The number of amides is 3. The van der Waals surface area contributed by atoms with Gasteiger partial charge in [0, 0.05) is 24.9 Å². The number of ether oxygens (including phenoxy) is 2. The van der Waals surface area contributed by atoms with Crippen LogP contribution in [0.2, 0.25) is 0 Å². The van der Waals surface area contributed by atoms with Gasteiger partial charge in [-0.25, -0.2) is 5.01 Å². The lowest BCUT2D eigenvalue weighted by Gasteiger charge is -2.43. The van der Waals surface area contributed by atoms with Gasteiger partial charge in [0.2, 0.25) is 11.8 Å². The molecule has 0 saturated carbocycles. The van der Waals surface area contributed by atoms with Crippen LogP contribution in [0.3, 0.4) is 0 Å². The summed E-state index contributed by atoms with van der Waals surface area (Å²) in [6.07, 6.45) is 1.11. The largest absolute Gasteiger partial charge is 0.492 e. The molecular formula is C22H29N3O5. The number of hydrazine groups is 1. The standard InChI is InChI=1S/C22H29N3O5/c1-4-23-14-22(2,3)30-13-16(23)12-29-17-8-9-18-15(10-17)11-24(21(18)28)25-19(26)6-5-7-20(25)27/h8-10,16H,4-7,11-14H2,1-3H3. The zero-order valence-corrected chi connectivity index (χ0v) is 17.8. The maximum absolute atomic E-state index is 12.8. The summed E-state index contributed by atoms with van der Waals surface area (Å²) < 4.78 is 12.0. The Hall–Kier alpha value is -2.45. The van der Waals surface area contributed by atoms with Crippen LogP contribution in [0, 0.1) is 0 Å². The van der Waals surface area contributed by atoms with Crippen molar-refractivity contribution in [2.75, 3.05) is 26.3 Å². The molecule has 4 rings (SSSR count). The second-order valence-electron chi connectivity index (χ2n) is 8.73. The van der Waals surface area contributed by atoms with E-state index in [2.05, 4.69) is 25.7 Å². The lowest BCUT2D eigenvalue weighted by molar-refractivity contribution is -0.163. The molecule has 3 heterocycles. The molecule has 0 spiro atoms. The van der Waals surface area contributed by atoms with Gasteiger partial charge < -0.3 is 9.47 Å². The van der Waals surface area contributed by atoms with Gasteiger partial charge in [0.15, 0.2) is 0 Å². The predicted octanol–water partition coefficient (Wildman–Crippen LogP) is 1.97. The highest BCUT2D eigenvalue weighted by molar-refractivity contribution is 6.04. The van der Waals surface area contributed by atoms with Gasteiger partial charge in [-0.15, -0.1) is 0 Å². The molecule has 0 N–H and O–H groups in total. The maximum Gasteiger partial charge on any atom is 0.273 e. The first-order valence-corrected chi connectivity index (χ1v) is 10.6. The number of nitrogens with zero attached hydrogens (tertiary/aromatic N) is 3. The van der Waals surface area contributed by atoms with E-state index in [4.69, 9.17) is 9.47 Å². The Balaban J connectivity index is 1.43. The zero-order chi connectivity index (χ0) is 21.5. The van der Waals surface area contributed by atoms with Gasteiger partial charge in [-0.2, -0.15) is 5.01 Å². The monoisotopic (exact) mass is 415 g/mol. The third-order valence-electron chi connectivity index (χ3n) is 5.97. The Morgan fingerprint density at radius 1 is 1.17 bits per heavy atom. The molecule has 3 aliphatic heterocycles. The molecule has 1 unspecified atom stereocenters. The van der Waals surface area contributed by atoms with Crippen molar-refractivity contribution < 1.29 is 23.9 Å². The number of hydrogen-bond acceptors (Lipinski definition) is 6. The Labute approximate surface area is 176 Å². The fraction of sp³-hybridized carbons (Fsp3) is 0.591. The van der Waals surface area contributed by atoms with Crippen LogP contribution in [0.5, 0.6) is 5.75 Å². The average molecular weight is 415 g/mol. The Morgan fingerprint density at radius 3 is 2.60 bits per heavy atom. The van der Waals surface area contributed by atoms with E-state index in [1.807, 2.05) is 6.07 Å². The topological polar surface area (TPSA) is 79.4 Å². The normalized spacial score (nSPS) is 24.4. The number of morpholine rings is 1. The predicted molar refractivity (Wildman–Crippen MR) is 109 cm³/mol. The lowest BCUT2D eigenvalue weighted by Crippen LogP contribution is -2.55. The molecule has 2 saturated heterocycles. The van der Waals surface area contributed by atoms with Gasteiger partial charge in [0.1, 0.15) is 12.4 Å². The van der Waals surface area contributed by atoms with Crippen molar-refractivity contribution in [2.24, 2.45) is 0 Å². The maximum atomic E-state index is 12.8. The van der Waals surface area contributed by atoms with E-state index < -0.39 is 0 Å². The van der Waals surface area contributed by atoms with E-state index in [0.29, 0.717) is 30.9 Å². The summed E-state index contributed by atoms with van der Waals surface area (Å²) in [4.78, 5) is 39.5. The van der Waals surface area contributed by atoms with Crippen LogP contribution in [-0.4, -0.2) is 70.6 Å². The van der Waals surface area contributed by atoms with Crippen LogP contribution in [0.4, 0.5) is 0 Å². The summed E-state index contributed by atoms with van der Waals surface area (Å²) in [5, 5.41) is 2.28. The quantitative estimate of drug-likeness (QED) is 0.684. The zero-order valence-electron chi connectivity index (χ0n) is 17.8. The summed E-state index contributed by atoms with van der Waals surface area (Å²) in [5.74, 6) is -0.284. The van der Waals surface area contributed by atoms with Gasteiger partial charge in [-0.1, -0.05) is 6.92 Å². The molecule has 8 heteroatoms. The Morgan fingerprint density at radius 2 is 1.90 bits per heavy atom. The highest BCUT2D eigenvalue weighted by atomic mass is 16.5. The van der Waals surface area contributed by atoms with Crippen molar-refractivity contribution >= 4 is 17.7 Å². The van der Waals surface area contributed by atoms with Crippen LogP contribution in [-0.2, 0) is 20.9 Å². The number of carbonyl (C=O) groups excluding carboxylic acids is 3. The molecule has 1 aromatic carbocycles. The fourth-order valence-corrected chi connectivity index (χ4v) is 4.35. The molecule has 3 aliphatic rings. The lowest BCUT2D eigenvalue weighted by atomic mass is 10.0. The van der Waals surface area contributed by atoms with E-state index >= 15 is 0 Å². The number of likely N-dealkylation sites (N-methyl/N-ethyl adjacent to an activating group) is 1. The molecule has 0 aliphatic carbocycles. The van der Waals surface area contributed by atoms with E-state index in [9.17, 15) is 14.4 Å². The van der Waals surface area contributed by atoms with E-state index in [-0.39, 0.29) is 48.8 Å². The van der Waals surface area contributed by atoms with Crippen molar-refractivity contribution in [2.45, 2.75) is 58.2 Å². The molecule has 0 aromatic heterocycles. The smallest absolute Gasteiger partial charge is 0.273 e. The second kappa shape index (κ2) is 8.00. The summed E-state index contributed by atoms with van der Waals surface area (Å²) in [6, 6.07) is 5.47. The number of rotatable bonds is 5. The van der Waals surface area contributed by atoms with Crippen LogP contribution >= 0.6 is 0 Å². The third kappa shape index (κ3) is 3.94. The molecule has 30 heavy (non-hydrogen) atoms. The van der Waals surface area contributed by atoms with Crippen molar-refractivity contribution in [3.8, 4) is 5.75 Å². The van der Waals surface area contributed by atoms with E-state index in [1.165, 1.54) is 5.01 Å². The number of benzene rings is 1. The van der Waals surface area contributed by atoms with Crippen LogP contribution < -0.4 is 4.74 Å². The molecule has 1 aromatic rings. The SMILES string of the molecule is CCN1CC(C)(C)OCC1COc1ccc2c(c1)CN(N1C(=O)CCCC1=O)C2=O. The number of piperidine rings is 1. The van der Waals surface area contributed by atoms with Gasteiger partial charge in [0.05, 0.1) is 24.8 Å². The number of carbonyl (C=O) groups is 3. The third-order valence-corrected chi connectivity index (χ3v) is 5.97. The summed E-state index contributed by atoms with van der Waals surface area (Å²) in [5.41, 5.74) is 1.11. The minimum Gasteiger partial charge on any atom is -0.492 e. The van der Waals surface area contributed by atoms with Crippen molar-refractivity contribution in [3.05, 3.63) is 29.3 Å². The number of fused-ring (bicyclic) bond motifs is 1. The molecule has 0 bridgehead atoms. The Kier molecular flexibility index (Phi) is 5.55. The first kappa shape index (κ1) is 20.8. The molecule has 1 atom stereocenters. The highest BCUT2D eigenvalue weighted by Crippen LogP contribution is 2.30. The van der Waals surface area contributed by atoms with Crippen LogP contribution in [0.15, 0.2) is 18.2 Å². The average Bonchev–Trinajstić information content (AvgIpc) is 3.02. The number of hydrogen-bond donors (Lipinski definition) is 0. The minimum absolute atomic E-state index is 0.160. The molecular weight excluding hydrogens is 386 g/mol. The van der Waals surface area contributed by atoms with Gasteiger partial charge >= 0.3 is 0 Å². The summed E-state index contributed by atoms with van der Waals surface area (Å²) in [7, 11) is 0. The van der Waals surface area contributed by atoms with Gasteiger partial charge in [-0.05, 0) is 50.6 Å². The van der Waals surface area contributed by atoms with Crippen LogP contribution in [0.25, 0.3) is 0 Å². The van der Waals surface area contributed by atoms with Crippen molar-refractivity contribution in [1.82, 2.24) is 14.9 Å². The molecule has 0 radical (unpaired) electrons. The number of imide groups is 1. The highest BCUT2D eigenvalue weighted by Gasteiger charge is 2.39.